The lowest BCUT2D eigenvalue weighted by Crippen LogP contribution is -2.42. The number of benzene rings is 1. The molecule has 0 amide bonds. The van der Waals surface area contributed by atoms with Crippen LogP contribution in [0.5, 0.6) is 5.75 Å². The van der Waals surface area contributed by atoms with Crippen molar-refractivity contribution in [2.75, 3.05) is 26.3 Å². The summed E-state index contributed by atoms with van der Waals surface area (Å²) in [6.45, 7) is 6.48. The highest BCUT2D eigenvalue weighted by Crippen LogP contribution is 2.59. The number of carbonyl (C=O) groups excluding carboxylic acids is 1. The standard InChI is InChI=1S/C23H31NO3/c1-23-7-6-17-18(20(23)4-5-22(23)26)3-2-15-13-21(25)16(12-19(15)17)14-24-8-10-27-11-9-24/h12-13,17-18,20,25H,2-11,14H2,1H3/t17-,18+,20+,23-/m1/s1. The van der Waals surface area contributed by atoms with Gasteiger partial charge in [-0.3, -0.25) is 9.69 Å². The van der Waals surface area contributed by atoms with Crippen molar-refractivity contribution in [2.24, 2.45) is 17.3 Å². The van der Waals surface area contributed by atoms with E-state index in [1.54, 1.807) is 0 Å². The Kier molecular flexibility index (Phi) is 4.32. The summed E-state index contributed by atoms with van der Waals surface area (Å²) in [6, 6.07) is 4.34. The molecule has 1 aliphatic heterocycles. The highest BCUT2D eigenvalue weighted by molar-refractivity contribution is 5.87. The van der Waals surface area contributed by atoms with Gasteiger partial charge >= 0.3 is 0 Å². The molecule has 4 nitrogen and oxygen atoms in total. The quantitative estimate of drug-likeness (QED) is 0.865. The maximum absolute atomic E-state index is 12.5. The highest BCUT2D eigenvalue weighted by Gasteiger charge is 2.54. The molecule has 0 unspecified atom stereocenters. The lowest BCUT2D eigenvalue weighted by molar-refractivity contribution is -0.129. The smallest absolute Gasteiger partial charge is 0.139 e. The third kappa shape index (κ3) is 2.84. The number of ketones is 1. The Hall–Kier alpha value is -1.39. The third-order valence-corrected chi connectivity index (χ3v) is 8.13. The summed E-state index contributed by atoms with van der Waals surface area (Å²) in [5.41, 5.74) is 3.81. The van der Waals surface area contributed by atoms with E-state index in [2.05, 4.69) is 17.9 Å². The van der Waals surface area contributed by atoms with E-state index in [0.29, 0.717) is 29.3 Å². The van der Waals surface area contributed by atoms with Crippen molar-refractivity contribution in [3.8, 4) is 5.75 Å². The number of rotatable bonds is 2. The van der Waals surface area contributed by atoms with Gasteiger partial charge in [-0.15, -0.1) is 0 Å². The van der Waals surface area contributed by atoms with Crippen LogP contribution < -0.4 is 0 Å². The fourth-order valence-corrected chi connectivity index (χ4v) is 6.55. The van der Waals surface area contributed by atoms with E-state index in [0.717, 1.165) is 70.5 Å². The average molecular weight is 370 g/mol. The van der Waals surface area contributed by atoms with Gasteiger partial charge in [0, 0.05) is 37.0 Å². The molecule has 3 fully saturated rings. The molecule has 1 saturated heterocycles. The van der Waals surface area contributed by atoms with E-state index < -0.39 is 0 Å². The van der Waals surface area contributed by atoms with Crippen LogP contribution in [0.3, 0.4) is 0 Å². The topological polar surface area (TPSA) is 49.8 Å². The minimum absolute atomic E-state index is 0.0633. The van der Waals surface area contributed by atoms with Crippen LogP contribution in [0.1, 0.15) is 61.6 Å². The molecule has 1 heterocycles. The van der Waals surface area contributed by atoms with Crippen LogP contribution in [0.15, 0.2) is 12.1 Å². The lowest BCUT2D eigenvalue weighted by Gasteiger charge is -2.48. The molecule has 27 heavy (non-hydrogen) atoms. The summed E-state index contributed by atoms with van der Waals surface area (Å²) < 4.78 is 5.46. The minimum atomic E-state index is -0.0633. The molecule has 1 aromatic carbocycles. The summed E-state index contributed by atoms with van der Waals surface area (Å²) in [7, 11) is 0. The van der Waals surface area contributed by atoms with E-state index >= 15 is 0 Å². The number of phenolic OH excluding ortho intramolecular Hbond substituents is 1. The van der Waals surface area contributed by atoms with Gasteiger partial charge in [0.25, 0.3) is 0 Å². The predicted molar refractivity (Wildman–Crippen MR) is 104 cm³/mol. The molecule has 0 bridgehead atoms. The molecule has 4 atom stereocenters. The number of ether oxygens (including phenoxy) is 1. The summed E-state index contributed by atoms with van der Waals surface area (Å²) in [6.07, 6.45) is 6.25. The van der Waals surface area contributed by atoms with Gasteiger partial charge in [0.1, 0.15) is 11.5 Å². The van der Waals surface area contributed by atoms with Crippen molar-refractivity contribution in [1.82, 2.24) is 4.90 Å². The Morgan fingerprint density at radius 1 is 1.19 bits per heavy atom. The fourth-order valence-electron chi connectivity index (χ4n) is 6.55. The first-order valence-electron chi connectivity index (χ1n) is 10.7. The number of hydrogen-bond donors (Lipinski definition) is 1. The second-order valence-electron chi connectivity index (χ2n) is 9.40. The lowest BCUT2D eigenvalue weighted by atomic mass is 9.55. The van der Waals surface area contributed by atoms with Crippen LogP contribution in [0.25, 0.3) is 0 Å². The number of fused-ring (bicyclic) bond motifs is 5. The molecule has 0 radical (unpaired) electrons. The number of phenols is 1. The molecule has 4 aliphatic rings. The zero-order chi connectivity index (χ0) is 18.6. The first-order valence-corrected chi connectivity index (χ1v) is 10.7. The second kappa shape index (κ2) is 6.59. The van der Waals surface area contributed by atoms with Gasteiger partial charge in [0.2, 0.25) is 0 Å². The number of nitrogens with zero attached hydrogens (tertiary/aromatic N) is 1. The summed E-state index contributed by atoms with van der Waals surface area (Å²) >= 11 is 0. The number of hydrogen-bond acceptors (Lipinski definition) is 4. The van der Waals surface area contributed by atoms with E-state index in [1.165, 1.54) is 17.5 Å². The van der Waals surface area contributed by atoms with Gasteiger partial charge in [0.05, 0.1) is 13.2 Å². The van der Waals surface area contributed by atoms with Crippen LogP contribution in [-0.2, 0) is 22.5 Å². The van der Waals surface area contributed by atoms with E-state index in [-0.39, 0.29) is 5.41 Å². The van der Waals surface area contributed by atoms with Crippen molar-refractivity contribution in [3.63, 3.8) is 0 Å². The first kappa shape index (κ1) is 17.7. The second-order valence-corrected chi connectivity index (χ2v) is 9.40. The van der Waals surface area contributed by atoms with Crippen LogP contribution in [0.2, 0.25) is 0 Å². The van der Waals surface area contributed by atoms with Gasteiger partial charge < -0.3 is 9.84 Å². The van der Waals surface area contributed by atoms with Crippen LogP contribution in [-0.4, -0.2) is 42.1 Å². The molecule has 146 valence electrons. The Morgan fingerprint density at radius 2 is 2.00 bits per heavy atom. The summed E-state index contributed by atoms with van der Waals surface area (Å²) in [4.78, 5) is 14.9. The van der Waals surface area contributed by atoms with Crippen molar-refractivity contribution in [1.29, 1.82) is 0 Å². The first-order chi connectivity index (χ1) is 13.1. The Balaban J connectivity index is 1.44. The number of Topliss-reactive ketones (excluding diaryl/α,β-unsaturated/α-hetero) is 1. The number of carbonyl (C=O) groups is 1. The van der Waals surface area contributed by atoms with Crippen molar-refractivity contribution >= 4 is 5.78 Å². The largest absolute Gasteiger partial charge is 0.508 e. The van der Waals surface area contributed by atoms with Gasteiger partial charge in [0.15, 0.2) is 0 Å². The van der Waals surface area contributed by atoms with Crippen LogP contribution >= 0.6 is 0 Å². The minimum Gasteiger partial charge on any atom is -0.508 e. The highest BCUT2D eigenvalue weighted by atomic mass is 16.5. The Bertz CT molecular complexity index is 754. The van der Waals surface area contributed by atoms with Crippen molar-refractivity contribution in [2.45, 2.75) is 57.9 Å². The normalized spacial score (nSPS) is 36.2. The summed E-state index contributed by atoms with van der Waals surface area (Å²) in [5, 5.41) is 10.6. The Morgan fingerprint density at radius 3 is 2.81 bits per heavy atom. The maximum atomic E-state index is 12.5. The van der Waals surface area contributed by atoms with Gasteiger partial charge in [-0.1, -0.05) is 13.0 Å². The zero-order valence-electron chi connectivity index (χ0n) is 16.4. The molecular weight excluding hydrogens is 338 g/mol. The van der Waals surface area contributed by atoms with Crippen molar-refractivity contribution < 1.29 is 14.6 Å². The van der Waals surface area contributed by atoms with E-state index in [4.69, 9.17) is 4.74 Å². The number of aromatic hydroxyl groups is 1. The molecule has 1 aromatic rings. The SMILES string of the molecule is C[C@@]12CC[C@H]3c4cc(CN5CCOCC5)c(O)cc4CC[C@@H]3[C@@H]1CCC2=O. The molecule has 5 rings (SSSR count). The molecule has 1 N–H and O–H groups in total. The van der Waals surface area contributed by atoms with E-state index in [1.807, 2.05) is 6.07 Å². The summed E-state index contributed by atoms with van der Waals surface area (Å²) in [5.74, 6) is 2.74. The maximum Gasteiger partial charge on any atom is 0.139 e. The molecule has 0 spiro atoms. The van der Waals surface area contributed by atoms with Crippen molar-refractivity contribution in [3.05, 3.63) is 28.8 Å². The molecule has 2 saturated carbocycles. The molecule has 3 aliphatic carbocycles. The number of morpholine rings is 1. The Labute approximate surface area is 161 Å². The van der Waals surface area contributed by atoms with Gasteiger partial charge in [-0.05, 0) is 67.1 Å². The van der Waals surface area contributed by atoms with Gasteiger partial charge in [-0.2, -0.15) is 0 Å². The van der Waals surface area contributed by atoms with E-state index in [9.17, 15) is 9.90 Å². The zero-order valence-corrected chi connectivity index (χ0v) is 16.4. The number of aryl methyl sites for hydroxylation is 1. The monoisotopic (exact) mass is 369 g/mol. The fraction of sp³-hybridized carbons (Fsp3) is 0.696. The average Bonchev–Trinajstić information content (AvgIpc) is 2.98. The molecule has 0 aromatic heterocycles. The van der Waals surface area contributed by atoms with Crippen LogP contribution in [0, 0.1) is 17.3 Å². The van der Waals surface area contributed by atoms with Gasteiger partial charge in [-0.25, -0.2) is 0 Å². The predicted octanol–water partition coefficient (Wildman–Crippen LogP) is 3.65. The van der Waals surface area contributed by atoms with Crippen LogP contribution in [0.4, 0.5) is 0 Å². The molecule has 4 heteroatoms. The third-order valence-electron chi connectivity index (χ3n) is 8.13. The molecular formula is C23H31NO3.